The maximum absolute atomic E-state index is 12.2. The molecule has 3 aromatic rings. The Bertz CT molecular complexity index is 1070. The second-order valence-electron chi connectivity index (χ2n) is 6.83. The van der Waals surface area contributed by atoms with Gasteiger partial charge in [0, 0.05) is 23.2 Å². The largest absolute Gasteiger partial charge is 0.326 e. The van der Waals surface area contributed by atoms with Crippen LogP contribution in [0.2, 0.25) is 0 Å². The van der Waals surface area contributed by atoms with Crippen molar-refractivity contribution in [2.75, 3.05) is 18.1 Å². The van der Waals surface area contributed by atoms with Gasteiger partial charge >= 0.3 is 0 Å². The number of aromatic nitrogens is 1. The van der Waals surface area contributed by atoms with E-state index >= 15 is 0 Å². The van der Waals surface area contributed by atoms with Crippen molar-refractivity contribution in [1.29, 1.82) is 0 Å². The van der Waals surface area contributed by atoms with Crippen LogP contribution in [0.3, 0.4) is 0 Å². The predicted molar refractivity (Wildman–Crippen MR) is 118 cm³/mol. The number of anilines is 1. The molecule has 8 heteroatoms. The van der Waals surface area contributed by atoms with Crippen LogP contribution in [-0.4, -0.2) is 32.1 Å². The van der Waals surface area contributed by atoms with E-state index in [2.05, 4.69) is 15.0 Å². The predicted octanol–water partition coefficient (Wildman–Crippen LogP) is 3.39. The van der Waals surface area contributed by atoms with Gasteiger partial charge in [0.05, 0.1) is 18.4 Å². The van der Waals surface area contributed by atoms with E-state index in [-0.39, 0.29) is 12.3 Å². The van der Waals surface area contributed by atoms with Crippen molar-refractivity contribution in [2.45, 2.75) is 19.8 Å². The summed E-state index contributed by atoms with van der Waals surface area (Å²) in [7, 11) is -3.17. The van der Waals surface area contributed by atoms with Crippen molar-refractivity contribution in [3.05, 3.63) is 70.0 Å². The average Bonchev–Trinajstić information content (AvgIpc) is 3.11. The van der Waals surface area contributed by atoms with Crippen molar-refractivity contribution < 1.29 is 13.2 Å². The number of aryl methyl sites for hydroxylation is 1. The molecule has 29 heavy (non-hydrogen) atoms. The Morgan fingerprint density at radius 1 is 1.07 bits per heavy atom. The van der Waals surface area contributed by atoms with Crippen LogP contribution in [0.15, 0.2) is 53.9 Å². The number of amides is 1. The van der Waals surface area contributed by atoms with E-state index in [1.165, 1.54) is 11.3 Å². The number of nitrogens with one attached hydrogen (secondary N) is 2. The molecule has 152 valence electrons. The third kappa shape index (κ3) is 6.77. The lowest BCUT2D eigenvalue weighted by Crippen LogP contribution is -2.24. The zero-order valence-electron chi connectivity index (χ0n) is 16.3. The third-order valence-electron chi connectivity index (χ3n) is 4.23. The van der Waals surface area contributed by atoms with Gasteiger partial charge in [0.25, 0.3) is 0 Å². The first-order valence-corrected chi connectivity index (χ1v) is 11.9. The molecule has 0 unspecified atom stereocenters. The van der Waals surface area contributed by atoms with E-state index in [1.807, 2.05) is 60.8 Å². The highest BCUT2D eigenvalue weighted by molar-refractivity contribution is 7.88. The number of sulfonamides is 1. The SMILES string of the molecule is Cc1ccc(NC(=O)Cc2nc(-c3ccc(CCNS(C)(=O)=O)cc3)cs2)cc1. The quantitative estimate of drug-likeness (QED) is 0.574. The molecule has 2 N–H and O–H groups in total. The lowest BCUT2D eigenvalue weighted by atomic mass is 10.1. The van der Waals surface area contributed by atoms with Gasteiger partial charge in [0.2, 0.25) is 15.9 Å². The molecule has 1 aromatic heterocycles. The van der Waals surface area contributed by atoms with E-state index in [0.717, 1.165) is 39.3 Å². The number of benzene rings is 2. The van der Waals surface area contributed by atoms with Crippen molar-refractivity contribution in [1.82, 2.24) is 9.71 Å². The number of hydrogen-bond acceptors (Lipinski definition) is 5. The van der Waals surface area contributed by atoms with Crippen molar-refractivity contribution >= 4 is 33.0 Å². The van der Waals surface area contributed by atoms with E-state index in [4.69, 9.17) is 0 Å². The highest BCUT2D eigenvalue weighted by Gasteiger charge is 2.10. The maximum atomic E-state index is 12.2. The Hall–Kier alpha value is -2.55. The van der Waals surface area contributed by atoms with Crippen molar-refractivity contribution in [3.63, 3.8) is 0 Å². The first-order valence-electron chi connectivity index (χ1n) is 9.13. The molecule has 0 fully saturated rings. The maximum Gasteiger partial charge on any atom is 0.231 e. The summed E-state index contributed by atoms with van der Waals surface area (Å²) in [4.78, 5) is 16.8. The van der Waals surface area contributed by atoms with Gasteiger partial charge in [-0.15, -0.1) is 11.3 Å². The number of carbonyl (C=O) groups is 1. The molecule has 0 saturated heterocycles. The monoisotopic (exact) mass is 429 g/mol. The second kappa shape index (κ2) is 9.30. The summed E-state index contributed by atoms with van der Waals surface area (Å²) < 4.78 is 24.7. The highest BCUT2D eigenvalue weighted by atomic mass is 32.2. The number of hydrogen-bond donors (Lipinski definition) is 2. The number of nitrogens with zero attached hydrogens (tertiary/aromatic N) is 1. The number of thiazole rings is 1. The normalized spacial score (nSPS) is 11.4. The molecule has 0 saturated carbocycles. The van der Waals surface area contributed by atoms with Crippen LogP contribution < -0.4 is 10.0 Å². The summed E-state index contributed by atoms with van der Waals surface area (Å²) >= 11 is 1.46. The highest BCUT2D eigenvalue weighted by Crippen LogP contribution is 2.23. The van der Waals surface area contributed by atoms with E-state index < -0.39 is 10.0 Å². The van der Waals surface area contributed by atoms with E-state index in [0.29, 0.717) is 13.0 Å². The Balaban J connectivity index is 1.56. The lowest BCUT2D eigenvalue weighted by Gasteiger charge is -2.04. The minimum Gasteiger partial charge on any atom is -0.326 e. The zero-order valence-corrected chi connectivity index (χ0v) is 17.9. The summed E-state index contributed by atoms with van der Waals surface area (Å²) in [6, 6.07) is 15.5. The molecule has 0 atom stereocenters. The Labute approximate surface area is 175 Å². The Morgan fingerprint density at radius 2 is 1.76 bits per heavy atom. The second-order valence-corrected chi connectivity index (χ2v) is 9.61. The van der Waals surface area contributed by atoms with Gasteiger partial charge in [-0.3, -0.25) is 4.79 Å². The Kier molecular flexibility index (Phi) is 6.79. The summed E-state index contributed by atoms with van der Waals surface area (Å²) in [5.74, 6) is -0.0940. The van der Waals surface area contributed by atoms with Crippen LogP contribution in [-0.2, 0) is 27.7 Å². The van der Waals surface area contributed by atoms with Crippen LogP contribution in [0.4, 0.5) is 5.69 Å². The smallest absolute Gasteiger partial charge is 0.231 e. The zero-order chi connectivity index (χ0) is 20.9. The average molecular weight is 430 g/mol. The van der Waals surface area contributed by atoms with Gasteiger partial charge in [-0.25, -0.2) is 18.1 Å². The molecule has 0 radical (unpaired) electrons. The van der Waals surface area contributed by atoms with Gasteiger partial charge in [0.15, 0.2) is 0 Å². The first-order chi connectivity index (χ1) is 13.8. The molecule has 0 aliphatic rings. The molecule has 0 aliphatic heterocycles. The number of rotatable bonds is 8. The number of carbonyl (C=O) groups excluding carboxylic acids is 1. The van der Waals surface area contributed by atoms with Gasteiger partial charge in [0.1, 0.15) is 5.01 Å². The van der Waals surface area contributed by atoms with Gasteiger partial charge in [-0.1, -0.05) is 42.0 Å². The molecule has 1 heterocycles. The summed E-state index contributed by atoms with van der Waals surface area (Å²) in [6.07, 6.45) is 2.00. The summed E-state index contributed by atoms with van der Waals surface area (Å²) in [6.45, 7) is 2.37. The van der Waals surface area contributed by atoms with Crippen LogP contribution in [0.1, 0.15) is 16.1 Å². The summed E-state index contributed by atoms with van der Waals surface area (Å²) in [5, 5.41) is 5.58. The molecule has 0 spiro atoms. The van der Waals surface area contributed by atoms with Crippen molar-refractivity contribution in [2.24, 2.45) is 0 Å². The molecule has 6 nitrogen and oxygen atoms in total. The van der Waals surface area contributed by atoms with Crippen LogP contribution >= 0.6 is 11.3 Å². The summed E-state index contributed by atoms with van der Waals surface area (Å²) in [5.41, 5.74) is 4.75. The molecule has 3 rings (SSSR count). The van der Waals surface area contributed by atoms with Gasteiger partial charge < -0.3 is 5.32 Å². The molecule has 0 aliphatic carbocycles. The van der Waals surface area contributed by atoms with Gasteiger partial charge in [-0.2, -0.15) is 0 Å². The first kappa shape index (κ1) is 21.2. The molecule has 2 aromatic carbocycles. The fraction of sp³-hybridized carbons (Fsp3) is 0.238. The molecular formula is C21H23N3O3S2. The third-order valence-corrected chi connectivity index (χ3v) is 5.80. The fourth-order valence-corrected chi connectivity index (χ4v) is 4.00. The lowest BCUT2D eigenvalue weighted by molar-refractivity contribution is -0.115. The topological polar surface area (TPSA) is 88.2 Å². The molecule has 1 amide bonds. The van der Waals surface area contributed by atoms with Crippen LogP contribution in [0.25, 0.3) is 11.3 Å². The minimum absolute atomic E-state index is 0.0940. The Morgan fingerprint density at radius 3 is 2.41 bits per heavy atom. The fourth-order valence-electron chi connectivity index (χ4n) is 2.73. The standard InChI is InChI=1S/C21H23N3O3S2/c1-15-3-9-18(10-4-15)23-20(25)13-21-24-19(14-28-21)17-7-5-16(6-8-17)11-12-22-29(2,26)27/h3-10,14,22H,11-13H2,1-2H3,(H,23,25). The molecule has 0 bridgehead atoms. The van der Waals surface area contributed by atoms with Crippen LogP contribution in [0, 0.1) is 6.92 Å². The van der Waals surface area contributed by atoms with E-state index in [9.17, 15) is 13.2 Å². The van der Waals surface area contributed by atoms with Gasteiger partial charge in [-0.05, 0) is 31.0 Å². The minimum atomic E-state index is -3.17. The van der Waals surface area contributed by atoms with E-state index in [1.54, 1.807) is 0 Å². The van der Waals surface area contributed by atoms with Crippen LogP contribution in [0.5, 0.6) is 0 Å². The molecular weight excluding hydrogens is 406 g/mol. The van der Waals surface area contributed by atoms with Crippen molar-refractivity contribution in [3.8, 4) is 11.3 Å².